The van der Waals surface area contributed by atoms with E-state index in [1.807, 2.05) is 6.92 Å². The van der Waals surface area contributed by atoms with Crippen molar-refractivity contribution < 1.29 is 17.6 Å². The summed E-state index contributed by atoms with van der Waals surface area (Å²) in [5.41, 5.74) is 5.06. The van der Waals surface area contributed by atoms with E-state index in [4.69, 9.17) is 5.73 Å². The number of halogens is 1. The van der Waals surface area contributed by atoms with Gasteiger partial charge in [0.05, 0.1) is 16.6 Å². The van der Waals surface area contributed by atoms with Crippen molar-refractivity contribution in [3.8, 4) is 0 Å². The molecule has 112 valence electrons. The monoisotopic (exact) mass is 303 g/mol. The van der Waals surface area contributed by atoms with Crippen molar-refractivity contribution >= 4 is 21.6 Å². The van der Waals surface area contributed by atoms with E-state index >= 15 is 0 Å². The van der Waals surface area contributed by atoms with Gasteiger partial charge in [-0.15, -0.1) is 0 Å². The highest BCUT2D eigenvalue weighted by Gasteiger charge is 2.22. The number of benzene rings is 1. The number of hydrogen-bond acceptors (Lipinski definition) is 4. The van der Waals surface area contributed by atoms with Crippen molar-refractivity contribution in [1.29, 1.82) is 0 Å². The van der Waals surface area contributed by atoms with Gasteiger partial charge in [0, 0.05) is 6.54 Å². The Morgan fingerprint density at radius 3 is 2.65 bits per heavy atom. The molecule has 0 bridgehead atoms. The van der Waals surface area contributed by atoms with Crippen LogP contribution in [0.4, 0.5) is 10.1 Å². The second-order valence-corrected chi connectivity index (χ2v) is 6.03. The number of hydrogen-bond donors (Lipinski definition) is 3. The van der Waals surface area contributed by atoms with Crippen LogP contribution in [0.2, 0.25) is 0 Å². The molecule has 20 heavy (non-hydrogen) atoms. The van der Waals surface area contributed by atoms with Crippen molar-refractivity contribution in [2.24, 2.45) is 0 Å². The predicted molar refractivity (Wildman–Crippen MR) is 73.9 cm³/mol. The third-order valence-electron chi connectivity index (χ3n) is 2.55. The Kier molecular flexibility index (Phi) is 5.46. The first kappa shape index (κ1) is 16.4. The SMILES string of the molecule is CCCNC(=O)C(C)NS(=O)(=O)c1ccc(F)c(N)c1. The highest BCUT2D eigenvalue weighted by molar-refractivity contribution is 7.89. The normalized spacial score (nSPS) is 12.9. The zero-order valence-electron chi connectivity index (χ0n) is 11.3. The summed E-state index contributed by atoms with van der Waals surface area (Å²) in [6.07, 6.45) is 0.750. The van der Waals surface area contributed by atoms with E-state index in [9.17, 15) is 17.6 Å². The van der Waals surface area contributed by atoms with E-state index in [-0.39, 0.29) is 10.6 Å². The first-order valence-corrected chi connectivity index (χ1v) is 7.61. The van der Waals surface area contributed by atoms with Crippen LogP contribution >= 0.6 is 0 Å². The third kappa shape index (κ3) is 4.17. The molecule has 0 fully saturated rings. The third-order valence-corrected chi connectivity index (χ3v) is 4.09. The molecule has 1 unspecified atom stereocenters. The molecular weight excluding hydrogens is 285 g/mol. The van der Waals surface area contributed by atoms with Crippen LogP contribution in [0.3, 0.4) is 0 Å². The number of anilines is 1. The van der Waals surface area contributed by atoms with Crippen LogP contribution in [-0.4, -0.2) is 26.9 Å². The maximum Gasteiger partial charge on any atom is 0.241 e. The number of nitrogens with one attached hydrogen (secondary N) is 2. The molecule has 1 aromatic rings. The largest absolute Gasteiger partial charge is 0.396 e. The topological polar surface area (TPSA) is 101 Å². The molecule has 0 aliphatic rings. The number of nitrogen functional groups attached to an aromatic ring is 1. The minimum absolute atomic E-state index is 0.188. The number of carbonyl (C=O) groups is 1. The molecule has 0 saturated heterocycles. The van der Waals surface area contributed by atoms with E-state index < -0.39 is 27.8 Å². The van der Waals surface area contributed by atoms with Gasteiger partial charge in [0.15, 0.2) is 0 Å². The molecule has 1 rings (SSSR count). The summed E-state index contributed by atoms with van der Waals surface area (Å²) in [5.74, 6) is -1.12. The minimum Gasteiger partial charge on any atom is -0.396 e. The van der Waals surface area contributed by atoms with E-state index in [0.29, 0.717) is 6.54 Å². The van der Waals surface area contributed by atoms with Crippen LogP contribution < -0.4 is 15.8 Å². The van der Waals surface area contributed by atoms with E-state index in [0.717, 1.165) is 24.6 Å². The zero-order chi connectivity index (χ0) is 15.3. The van der Waals surface area contributed by atoms with E-state index in [1.54, 1.807) is 0 Å². The lowest BCUT2D eigenvalue weighted by molar-refractivity contribution is -0.122. The van der Waals surface area contributed by atoms with Crippen LogP contribution in [0, 0.1) is 5.82 Å². The van der Waals surface area contributed by atoms with Gasteiger partial charge in [-0.05, 0) is 31.5 Å². The van der Waals surface area contributed by atoms with E-state index in [2.05, 4.69) is 10.0 Å². The molecule has 0 radical (unpaired) electrons. The Balaban J connectivity index is 2.84. The maximum atomic E-state index is 13.0. The van der Waals surface area contributed by atoms with Crippen molar-refractivity contribution in [2.45, 2.75) is 31.2 Å². The Bertz CT molecular complexity index is 590. The van der Waals surface area contributed by atoms with Gasteiger partial charge >= 0.3 is 0 Å². The minimum atomic E-state index is -3.93. The highest BCUT2D eigenvalue weighted by atomic mass is 32.2. The van der Waals surface area contributed by atoms with E-state index in [1.165, 1.54) is 6.92 Å². The standard InChI is InChI=1S/C12H18FN3O3S/c1-3-6-15-12(17)8(2)16-20(18,19)9-4-5-10(13)11(14)7-9/h4-5,7-8,16H,3,6,14H2,1-2H3,(H,15,17). The van der Waals surface area contributed by atoms with Crippen LogP contribution in [0.15, 0.2) is 23.1 Å². The van der Waals surface area contributed by atoms with Gasteiger partial charge in [-0.2, -0.15) is 4.72 Å². The summed E-state index contributed by atoms with van der Waals surface area (Å²) in [5, 5.41) is 2.58. The Morgan fingerprint density at radius 2 is 2.10 bits per heavy atom. The van der Waals surface area contributed by atoms with Gasteiger partial charge in [-0.25, -0.2) is 12.8 Å². The molecule has 0 saturated carbocycles. The van der Waals surface area contributed by atoms with Crippen molar-refractivity contribution in [3.63, 3.8) is 0 Å². The molecule has 1 atom stereocenters. The van der Waals surface area contributed by atoms with Crippen LogP contribution in [-0.2, 0) is 14.8 Å². The second kappa shape index (κ2) is 6.67. The molecule has 0 aromatic heterocycles. The lowest BCUT2D eigenvalue weighted by atomic mass is 10.3. The van der Waals surface area contributed by atoms with Gasteiger partial charge in [0.2, 0.25) is 15.9 Å². The highest BCUT2D eigenvalue weighted by Crippen LogP contribution is 2.16. The molecule has 6 nitrogen and oxygen atoms in total. The Hall–Kier alpha value is -1.67. The number of rotatable bonds is 6. The number of carbonyl (C=O) groups excluding carboxylic acids is 1. The second-order valence-electron chi connectivity index (χ2n) is 4.32. The van der Waals surface area contributed by atoms with Gasteiger partial charge in [-0.3, -0.25) is 4.79 Å². The quantitative estimate of drug-likeness (QED) is 0.670. The Morgan fingerprint density at radius 1 is 1.45 bits per heavy atom. The molecule has 4 N–H and O–H groups in total. The summed E-state index contributed by atoms with van der Waals surface area (Å²) >= 11 is 0. The first-order valence-electron chi connectivity index (χ1n) is 6.13. The molecular formula is C12H18FN3O3S. The molecule has 1 amide bonds. The fraction of sp³-hybridized carbons (Fsp3) is 0.417. The zero-order valence-corrected chi connectivity index (χ0v) is 12.1. The smallest absolute Gasteiger partial charge is 0.241 e. The summed E-state index contributed by atoms with van der Waals surface area (Å²) in [7, 11) is -3.93. The number of amides is 1. The molecule has 1 aromatic carbocycles. The summed E-state index contributed by atoms with van der Waals surface area (Å²) < 4.78 is 39.3. The lowest BCUT2D eigenvalue weighted by Crippen LogP contribution is -2.44. The molecule has 0 aliphatic heterocycles. The van der Waals surface area contributed by atoms with Gasteiger partial charge in [0.1, 0.15) is 5.82 Å². The van der Waals surface area contributed by atoms with Crippen LogP contribution in [0.5, 0.6) is 0 Å². The predicted octanol–water partition coefficient (Wildman–Crippen LogP) is 0.601. The first-order chi connectivity index (χ1) is 9.27. The average molecular weight is 303 g/mol. The molecule has 0 spiro atoms. The fourth-order valence-corrected chi connectivity index (χ4v) is 2.68. The summed E-state index contributed by atoms with van der Waals surface area (Å²) in [6, 6.07) is 2.13. The average Bonchev–Trinajstić information content (AvgIpc) is 2.38. The summed E-state index contributed by atoms with van der Waals surface area (Å²) in [6.45, 7) is 3.78. The van der Waals surface area contributed by atoms with Crippen LogP contribution in [0.25, 0.3) is 0 Å². The van der Waals surface area contributed by atoms with Crippen LogP contribution in [0.1, 0.15) is 20.3 Å². The van der Waals surface area contributed by atoms with Gasteiger partial charge in [-0.1, -0.05) is 6.92 Å². The summed E-state index contributed by atoms with van der Waals surface area (Å²) in [4.78, 5) is 11.4. The lowest BCUT2D eigenvalue weighted by Gasteiger charge is -2.14. The fourth-order valence-electron chi connectivity index (χ4n) is 1.44. The molecule has 8 heteroatoms. The van der Waals surface area contributed by atoms with Crippen molar-refractivity contribution in [2.75, 3.05) is 12.3 Å². The molecule has 0 heterocycles. The molecule has 0 aliphatic carbocycles. The van der Waals surface area contributed by atoms with Gasteiger partial charge < -0.3 is 11.1 Å². The number of nitrogens with two attached hydrogens (primary N) is 1. The van der Waals surface area contributed by atoms with Gasteiger partial charge in [0.25, 0.3) is 0 Å². The maximum absolute atomic E-state index is 13.0. The number of sulfonamides is 1. The van der Waals surface area contributed by atoms with Crippen molar-refractivity contribution in [3.05, 3.63) is 24.0 Å². The van der Waals surface area contributed by atoms with Crippen molar-refractivity contribution in [1.82, 2.24) is 10.0 Å². The Labute approximate surface area is 117 Å².